The van der Waals surface area contributed by atoms with Crippen molar-refractivity contribution in [1.29, 1.82) is 0 Å². The number of amidine groups is 2. The zero-order chi connectivity index (χ0) is 65.6. The molecule has 1 fully saturated rings. The third kappa shape index (κ3) is 14.6. The summed E-state index contributed by atoms with van der Waals surface area (Å²) >= 11 is 1.85. The fourth-order valence-corrected chi connectivity index (χ4v) is 13.0. The smallest absolute Gasteiger partial charge is 0.677 e. The van der Waals surface area contributed by atoms with Gasteiger partial charge in [0.25, 0.3) is 12.0 Å². The second-order valence-electron chi connectivity index (χ2n) is 22.8. The normalized spacial score (nSPS) is 16.9. The Bertz CT molecular complexity index is 4240. The predicted molar refractivity (Wildman–Crippen MR) is 362 cm³/mol. The van der Waals surface area contributed by atoms with E-state index in [0.717, 1.165) is 29.0 Å². The molecule has 4 aromatic heterocycles. The van der Waals surface area contributed by atoms with Crippen LogP contribution in [0.5, 0.6) is 34.8 Å². The summed E-state index contributed by atoms with van der Waals surface area (Å²) in [6, 6.07) is 45.8. The fraction of sp³-hybridized carbons (Fsp3) is 0.257. The van der Waals surface area contributed by atoms with E-state index in [2.05, 4.69) is 101 Å². The quantitative estimate of drug-likeness (QED) is 0.0307. The molecule has 0 saturated carbocycles. The Labute approximate surface area is 571 Å². The molecule has 0 amide bonds. The first-order chi connectivity index (χ1) is 44.9. The van der Waals surface area contributed by atoms with E-state index in [1.165, 1.54) is 23.3 Å². The molecule has 24 heteroatoms. The molecular formula is C70H67F4IN10O7PPd+. The van der Waals surface area contributed by atoms with Crippen molar-refractivity contribution in [3.8, 4) is 68.1 Å². The van der Waals surface area contributed by atoms with E-state index in [1.807, 2.05) is 70.0 Å². The van der Waals surface area contributed by atoms with Gasteiger partial charge in [-0.25, -0.2) is 20.0 Å². The van der Waals surface area contributed by atoms with Crippen LogP contribution in [-0.2, 0) is 52.1 Å². The average Bonchev–Trinajstić information content (AvgIpc) is 1.27. The monoisotopic (exact) mass is 1500 g/mol. The Morgan fingerprint density at radius 2 is 1.15 bits per heavy atom. The van der Waals surface area contributed by atoms with E-state index >= 15 is 4.39 Å². The number of hydrogen-bond donors (Lipinski definition) is 2. The van der Waals surface area contributed by atoms with Crippen molar-refractivity contribution in [3.63, 3.8) is 0 Å². The first-order valence-electron chi connectivity index (χ1n) is 30.1. The molecule has 0 radical (unpaired) electrons. The molecule has 17 nitrogen and oxygen atoms in total. The minimum absolute atomic E-state index is 0. The number of aromatic nitrogens is 4. The van der Waals surface area contributed by atoms with Gasteiger partial charge >= 0.3 is 20.4 Å². The number of benzene rings is 5. The Hall–Kier alpha value is -8.30. The molecule has 5 N–H and O–H groups in total. The molecule has 14 rings (SSSR count). The number of rotatable bonds is 11. The number of hydrogen-bond acceptors (Lipinski definition) is 16. The first-order valence-corrected chi connectivity index (χ1v) is 33.6. The molecular weight excluding hydrogens is 1430 g/mol. The predicted octanol–water partition coefficient (Wildman–Crippen LogP) is 13.8. The SMILES string of the molecule is CC(C)Oc1cccc(OC(C)C)c1-c1ccccc1[PH+](C)C.NC1=N[C@@]2(CO1)c1cc(-c3cccnc3F)ccc1Oc1nc(F)c(I)cc12.NC1=N[C@@]2(CO1)c1cc(-c3cccnc3F)ccc1Oc1nc(F)c(N3CCOCC3)cc12.[NH-]CCc1[c-]cccc1.[Pd+2]. The summed E-state index contributed by atoms with van der Waals surface area (Å²) in [5, 5.41) is 1.41. The number of anilines is 1. The van der Waals surface area contributed by atoms with Crippen molar-refractivity contribution in [3.05, 3.63) is 219 Å². The Morgan fingerprint density at radius 1 is 0.628 bits per heavy atom. The molecule has 5 aliphatic rings. The van der Waals surface area contributed by atoms with E-state index in [0.29, 0.717) is 98.1 Å². The van der Waals surface area contributed by atoms with Gasteiger partial charge in [0.1, 0.15) is 36.2 Å². The van der Waals surface area contributed by atoms with Crippen LogP contribution in [0.15, 0.2) is 162 Å². The van der Waals surface area contributed by atoms with E-state index in [1.54, 1.807) is 72.8 Å². The van der Waals surface area contributed by atoms with Gasteiger partial charge in [0, 0.05) is 61.2 Å². The Kier molecular flexibility index (Phi) is 21.9. The van der Waals surface area contributed by atoms with Crippen LogP contribution in [0.1, 0.15) is 55.5 Å². The van der Waals surface area contributed by atoms with Crippen molar-refractivity contribution in [1.82, 2.24) is 19.9 Å². The number of halogens is 5. The van der Waals surface area contributed by atoms with E-state index in [4.69, 9.17) is 50.4 Å². The molecule has 5 aliphatic heterocycles. The molecule has 0 unspecified atom stereocenters. The summed E-state index contributed by atoms with van der Waals surface area (Å²) in [5.41, 5.74) is 24.5. The minimum Gasteiger partial charge on any atom is -0.677 e. The number of ether oxygens (including phenoxy) is 7. The van der Waals surface area contributed by atoms with Gasteiger partial charge in [-0.15, -0.1) is 6.54 Å². The van der Waals surface area contributed by atoms with Crippen LogP contribution in [0, 0.1) is 33.4 Å². The van der Waals surface area contributed by atoms with Crippen LogP contribution in [0.25, 0.3) is 39.1 Å². The van der Waals surface area contributed by atoms with E-state index in [-0.39, 0.29) is 69.6 Å². The summed E-state index contributed by atoms with van der Waals surface area (Å²) in [7, 11) is -0.589. The summed E-state index contributed by atoms with van der Waals surface area (Å²) < 4.78 is 98.4. The standard InChI is InChI=1S/C23H19F2N5O3.C20H27O2P.C19H11F2IN4O2.C8H9N.Pd/c24-19-14(2-1-5-27-19)13-3-4-18-15(10-13)23(12-32-22(26)29-23)16-11-17(20(25)28-21(16)33-18)30-6-8-31-9-7-30;1-14(2)21-17-11-9-12-18(22-15(3)4)20(17)16-10-7-8-13-19(16)23(5)6;20-15-10(2-1-5-24-15)9-3-4-14-11(6-9)19(8-27-18(23)26-19)12-7-13(22)16(21)25-17(12)28-14;9-7-6-8-4-2-1-3-5-8;/h1-5,10-11H,6-9,12H2,(H2,26,29);7-15H,1-6H3;1-7H,8H2,(H2,23,26);1-4,9H,6-7H2;/q;;;-2;+2/p+1/t23-;;19-;;/m0.0../s1. The maximum atomic E-state index is 15.0. The summed E-state index contributed by atoms with van der Waals surface area (Å²) in [6.07, 6.45) is 3.85. The van der Waals surface area contributed by atoms with Crippen LogP contribution in [0.4, 0.5) is 23.2 Å². The fourth-order valence-electron chi connectivity index (χ4n) is 11.4. The molecule has 9 aromatic rings. The molecule has 2 spiro atoms. The van der Waals surface area contributed by atoms with E-state index in [9.17, 15) is 13.2 Å². The van der Waals surface area contributed by atoms with Crippen molar-refractivity contribution >= 4 is 53.5 Å². The Balaban J connectivity index is 0.000000145. The third-order valence-electron chi connectivity index (χ3n) is 15.5. The van der Waals surface area contributed by atoms with Crippen molar-refractivity contribution in [2.24, 2.45) is 21.5 Å². The van der Waals surface area contributed by atoms with Gasteiger partial charge < -0.3 is 55.3 Å². The van der Waals surface area contributed by atoms with Crippen molar-refractivity contribution in [2.45, 2.75) is 57.4 Å². The molecule has 488 valence electrons. The zero-order valence-electron chi connectivity index (χ0n) is 52.1. The minimum atomic E-state index is -1.11. The van der Waals surface area contributed by atoms with Gasteiger partial charge in [0.15, 0.2) is 11.1 Å². The van der Waals surface area contributed by atoms with Crippen LogP contribution in [0.2, 0.25) is 0 Å². The third-order valence-corrected chi connectivity index (χ3v) is 17.8. The van der Waals surface area contributed by atoms with Gasteiger partial charge in [0.2, 0.25) is 35.6 Å². The molecule has 0 bridgehead atoms. The first kappa shape index (κ1) is 68.6. The Morgan fingerprint density at radius 3 is 1.64 bits per heavy atom. The summed E-state index contributed by atoms with van der Waals surface area (Å²) in [4.78, 5) is 26.5. The number of morpholine rings is 1. The van der Waals surface area contributed by atoms with Crippen LogP contribution in [-0.4, -0.2) is 104 Å². The molecule has 5 aromatic carbocycles. The largest absolute Gasteiger partial charge is 2.00 e. The van der Waals surface area contributed by atoms with E-state index < -0.39 is 42.8 Å². The van der Waals surface area contributed by atoms with Gasteiger partial charge in [-0.1, -0.05) is 42.8 Å². The maximum Gasteiger partial charge on any atom is 2.00 e. The molecule has 1 saturated heterocycles. The summed E-state index contributed by atoms with van der Waals surface area (Å²) in [5.74, 6) is 0.390. The molecule has 0 aliphatic carbocycles. The van der Waals surface area contributed by atoms with Crippen LogP contribution in [0.3, 0.4) is 0 Å². The maximum absolute atomic E-state index is 15.0. The second-order valence-corrected chi connectivity index (χ2v) is 26.5. The van der Waals surface area contributed by atoms with Gasteiger partial charge in [-0.3, -0.25) is 0 Å². The number of nitrogens with two attached hydrogens (primary N) is 2. The molecule has 94 heavy (non-hydrogen) atoms. The number of fused-ring (bicyclic) bond motifs is 8. The van der Waals surface area contributed by atoms with Gasteiger partial charge in [-0.2, -0.15) is 63.4 Å². The second kappa shape index (κ2) is 30.0. The number of aliphatic imine (C=N–C) groups is 2. The van der Waals surface area contributed by atoms with Gasteiger partial charge in [-0.05, 0) is 140 Å². The summed E-state index contributed by atoms with van der Waals surface area (Å²) in [6.45, 7) is 15.6. The number of nitrogens with one attached hydrogen (secondary N) is 1. The number of nitrogens with zero attached hydrogens (tertiary/aromatic N) is 7. The number of pyridine rings is 4. The molecule has 9 heterocycles. The zero-order valence-corrected chi connectivity index (χ0v) is 56.8. The topological polar surface area (TPSA) is 220 Å². The van der Waals surface area contributed by atoms with Crippen molar-refractivity contribution < 1.29 is 71.1 Å². The van der Waals surface area contributed by atoms with Crippen LogP contribution < -0.4 is 40.6 Å². The van der Waals surface area contributed by atoms with Crippen molar-refractivity contribution in [2.75, 3.05) is 64.3 Å². The van der Waals surface area contributed by atoms with Crippen LogP contribution >= 0.6 is 30.5 Å². The average molecular weight is 1500 g/mol. The molecule has 2 atom stereocenters. The van der Waals surface area contributed by atoms with Gasteiger partial charge in [0.05, 0.1) is 70.0 Å².